The summed E-state index contributed by atoms with van der Waals surface area (Å²) in [6, 6.07) is 9.11. The van der Waals surface area contributed by atoms with Crippen LogP contribution in [0.4, 0.5) is 5.13 Å². The molecule has 2 aromatic rings. The summed E-state index contributed by atoms with van der Waals surface area (Å²) in [6.45, 7) is 2.17. The Morgan fingerprint density at radius 3 is 2.74 bits per heavy atom. The van der Waals surface area contributed by atoms with Crippen LogP contribution < -0.4 is 5.32 Å². The molecule has 0 aliphatic carbocycles. The van der Waals surface area contributed by atoms with Gasteiger partial charge in [-0.3, -0.25) is 10.1 Å². The van der Waals surface area contributed by atoms with E-state index in [1.54, 1.807) is 12.1 Å². The van der Waals surface area contributed by atoms with E-state index >= 15 is 0 Å². The van der Waals surface area contributed by atoms with Gasteiger partial charge < -0.3 is 0 Å². The molecule has 5 heteroatoms. The molecule has 0 spiro atoms. The summed E-state index contributed by atoms with van der Waals surface area (Å²) in [4.78, 5) is 11.9. The smallest absolute Gasteiger partial charge is 0.257 e. The number of hydrogen-bond donors (Lipinski definition) is 1. The number of carbonyl (C=O) groups excluding carboxylic acids is 1. The molecule has 1 amide bonds. The summed E-state index contributed by atoms with van der Waals surface area (Å²) in [6.07, 6.45) is 4.45. The number of aromatic nitrogens is 2. The lowest BCUT2D eigenvalue weighted by Crippen LogP contribution is -2.11. The molecule has 1 aromatic carbocycles. The van der Waals surface area contributed by atoms with Gasteiger partial charge in [-0.2, -0.15) is 0 Å². The van der Waals surface area contributed by atoms with Crippen molar-refractivity contribution in [3.05, 3.63) is 40.9 Å². The number of nitrogens with one attached hydrogen (secondary N) is 1. The van der Waals surface area contributed by atoms with Gasteiger partial charge in [0.05, 0.1) is 0 Å². The number of carbonyl (C=O) groups is 1. The molecule has 1 heterocycles. The largest absolute Gasteiger partial charge is 0.296 e. The number of unbranched alkanes of at least 4 members (excludes halogenated alkanes) is 2. The minimum Gasteiger partial charge on any atom is -0.296 e. The third kappa shape index (κ3) is 4.13. The van der Waals surface area contributed by atoms with Gasteiger partial charge >= 0.3 is 0 Å². The van der Waals surface area contributed by atoms with Crippen molar-refractivity contribution in [3.8, 4) is 0 Å². The van der Waals surface area contributed by atoms with Gasteiger partial charge in [0.25, 0.3) is 5.91 Å². The number of rotatable bonds is 6. The highest BCUT2D eigenvalue weighted by Gasteiger charge is 2.09. The summed E-state index contributed by atoms with van der Waals surface area (Å²) in [5, 5.41) is 12.4. The number of benzene rings is 1. The van der Waals surface area contributed by atoms with Gasteiger partial charge in [0, 0.05) is 12.0 Å². The first kappa shape index (κ1) is 13.7. The average molecular weight is 275 g/mol. The Labute approximate surface area is 116 Å². The number of aryl methyl sites for hydroxylation is 1. The van der Waals surface area contributed by atoms with Crippen molar-refractivity contribution in [3.63, 3.8) is 0 Å². The van der Waals surface area contributed by atoms with Crippen LogP contribution in [0.3, 0.4) is 0 Å². The fraction of sp³-hybridized carbons (Fsp3) is 0.357. The summed E-state index contributed by atoms with van der Waals surface area (Å²) in [5.74, 6) is -0.142. The maximum Gasteiger partial charge on any atom is 0.257 e. The van der Waals surface area contributed by atoms with Crippen LogP contribution in [0.15, 0.2) is 30.3 Å². The Hall–Kier alpha value is -1.75. The number of nitrogens with zero attached hydrogens (tertiary/aromatic N) is 2. The van der Waals surface area contributed by atoms with Crippen LogP contribution >= 0.6 is 11.3 Å². The Morgan fingerprint density at radius 1 is 1.21 bits per heavy atom. The first-order valence-electron chi connectivity index (χ1n) is 6.48. The van der Waals surface area contributed by atoms with Crippen LogP contribution in [-0.4, -0.2) is 16.1 Å². The van der Waals surface area contributed by atoms with E-state index in [-0.39, 0.29) is 5.91 Å². The molecular weight excluding hydrogens is 258 g/mol. The third-order valence-corrected chi connectivity index (χ3v) is 3.62. The van der Waals surface area contributed by atoms with E-state index in [2.05, 4.69) is 22.4 Å². The monoisotopic (exact) mass is 275 g/mol. The maximum atomic E-state index is 11.9. The van der Waals surface area contributed by atoms with Crippen LogP contribution in [0, 0.1) is 0 Å². The van der Waals surface area contributed by atoms with E-state index < -0.39 is 0 Å². The molecule has 1 N–H and O–H groups in total. The SMILES string of the molecule is CCCCCc1nnc(NC(=O)c2ccccc2)s1. The highest BCUT2D eigenvalue weighted by Crippen LogP contribution is 2.18. The van der Waals surface area contributed by atoms with E-state index in [9.17, 15) is 4.79 Å². The number of hydrogen-bond acceptors (Lipinski definition) is 4. The van der Waals surface area contributed by atoms with Crippen LogP contribution in [-0.2, 0) is 6.42 Å². The van der Waals surface area contributed by atoms with E-state index in [1.807, 2.05) is 18.2 Å². The van der Waals surface area contributed by atoms with E-state index in [0.29, 0.717) is 10.7 Å². The molecule has 2 rings (SSSR count). The number of anilines is 1. The quantitative estimate of drug-likeness (QED) is 0.821. The van der Waals surface area contributed by atoms with Crippen LogP contribution in [0.2, 0.25) is 0 Å². The molecule has 0 bridgehead atoms. The van der Waals surface area contributed by atoms with Crippen LogP contribution in [0.5, 0.6) is 0 Å². The van der Waals surface area contributed by atoms with Crippen molar-refractivity contribution in [2.45, 2.75) is 32.6 Å². The van der Waals surface area contributed by atoms with Gasteiger partial charge in [-0.25, -0.2) is 0 Å². The zero-order valence-electron chi connectivity index (χ0n) is 10.9. The standard InChI is InChI=1S/C14H17N3OS/c1-2-3-5-10-12-16-17-14(19-12)15-13(18)11-8-6-4-7-9-11/h4,6-9H,2-3,5,10H2,1H3,(H,15,17,18). The fourth-order valence-corrected chi connectivity index (χ4v) is 2.47. The fourth-order valence-electron chi connectivity index (χ4n) is 1.69. The van der Waals surface area contributed by atoms with Crippen molar-refractivity contribution >= 4 is 22.4 Å². The van der Waals surface area contributed by atoms with Gasteiger partial charge in [0.1, 0.15) is 5.01 Å². The summed E-state index contributed by atoms with van der Waals surface area (Å²) < 4.78 is 0. The predicted octanol–water partition coefficient (Wildman–Crippen LogP) is 3.52. The molecule has 0 fully saturated rings. The van der Waals surface area contributed by atoms with Crippen molar-refractivity contribution in [1.29, 1.82) is 0 Å². The summed E-state index contributed by atoms with van der Waals surface area (Å²) in [5.41, 5.74) is 0.630. The average Bonchev–Trinajstić information content (AvgIpc) is 2.88. The van der Waals surface area contributed by atoms with E-state index in [0.717, 1.165) is 17.8 Å². The third-order valence-electron chi connectivity index (χ3n) is 2.72. The first-order chi connectivity index (χ1) is 9.29. The lowest BCUT2D eigenvalue weighted by Gasteiger charge is -1.99. The minimum absolute atomic E-state index is 0.142. The van der Waals surface area contributed by atoms with Gasteiger partial charge in [0.15, 0.2) is 0 Å². The number of amides is 1. The molecule has 0 aliphatic heterocycles. The summed E-state index contributed by atoms with van der Waals surface area (Å²) in [7, 11) is 0. The predicted molar refractivity (Wildman–Crippen MR) is 77.5 cm³/mol. The Morgan fingerprint density at radius 2 is 2.00 bits per heavy atom. The Bertz CT molecular complexity index is 524. The molecule has 0 aliphatic rings. The Kier molecular flexibility index (Phi) is 5.03. The maximum absolute atomic E-state index is 11.9. The molecule has 19 heavy (non-hydrogen) atoms. The molecule has 4 nitrogen and oxygen atoms in total. The minimum atomic E-state index is -0.142. The second-order valence-corrected chi connectivity index (χ2v) is 5.34. The highest BCUT2D eigenvalue weighted by molar-refractivity contribution is 7.15. The molecule has 0 radical (unpaired) electrons. The Balaban J connectivity index is 1.91. The second-order valence-electron chi connectivity index (χ2n) is 4.28. The zero-order valence-corrected chi connectivity index (χ0v) is 11.7. The lowest BCUT2D eigenvalue weighted by molar-refractivity contribution is 0.102. The first-order valence-corrected chi connectivity index (χ1v) is 7.30. The molecular formula is C14H17N3OS. The van der Waals surface area contributed by atoms with Crippen LogP contribution in [0.1, 0.15) is 41.6 Å². The van der Waals surface area contributed by atoms with Crippen molar-refractivity contribution in [2.75, 3.05) is 5.32 Å². The normalized spacial score (nSPS) is 10.4. The summed E-state index contributed by atoms with van der Waals surface area (Å²) >= 11 is 1.45. The van der Waals surface area contributed by atoms with E-state index in [4.69, 9.17) is 0 Å². The molecule has 100 valence electrons. The van der Waals surface area contributed by atoms with Crippen molar-refractivity contribution < 1.29 is 4.79 Å². The topological polar surface area (TPSA) is 54.9 Å². The zero-order chi connectivity index (χ0) is 13.5. The molecule has 1 aromatic heterocycles. The van der Waals surface area contributed by atoms with Gasteiger partial charge in [-0.1, -0.05) is 49.3 Å². The van der Waals surface area contributed by atoms with Crippen LogP contribution in [0.25, 0.3) is 0 Å². The van der Waals surface area contributed by atoms with Gasteiger partial charge in [-0.05, 0) is 18.6 Å². The van der Waals surface area contributed by atoms with Crippen molar-refractivity contribution in [2.24, 2.45) is 0 Å². The molecule has 0 unspecified atom stereocenters. The van der Waals surface area contributed by atoms with Gasteiger partial charge in [0.2, 0.25) is 5.13 Å². The van der Waals surface area contributed by atoms with Crippen molar-refractivity contribution in [1.82, 2.24) is 10.2 Å². The lowest BCUT2D eigenvalue weighted by atomic mass is 10.2. The molecule has 0 saturated heterocycles. The molecule has 0 atom stereocenters. The second kappa shape index (κ2) is 6.99. The van der Waals surface area contributed by atoms with E-state index in [1.165, 1.54) is 24.2 Å². The van der Waals surface area contributed by atoms with Gasteiger partial charge in [-0.15, -0.1) is 10.2 Å². The molecule has 0 saturated carbocycles. The highest BCUT2D eigenvalue weighted by atomic mass is 32.1.